The van der Waals surface area contributed by atoms with Gasteiger partial charge in [-0.1, -0.05) is 18.9 Å². The molecule has 0 spiro atoms. The van der Waals surface area contributed by atoms with Gasteiger partial charge >= 0.3 is 0 Å². The third kappa shape index (κ3) is 3.39. The minimum atomic E-state index is -3.54. The highest BCUT2D eigenvalue weighted by Crippen LogP contribution is 2.33. The van der Waals surface area contributed by atoms with Gasteiger partial charge in [-0.25, -0.2) is 13.1 Å². The molecule has 0 radical (unpaired) electrons. The SMILES string of the molecule is O=C(N[C@H]1CCc2ccc(S(=O)(=O)NC3CCCC3)cc21)c1ccn[nH]1. The molecule has 2 aliphatic carbocycles. The molecule has 1 atom stereocenters. The second-order valence-corrected chi connectivity index (χ2v) is 8.71. The van der Waals surface area contributed by atoms with Crippen molar-refractivity contribution in [3.05, 3.63) is 47.3 Å². The Morgan fingerprint density at radius 1 is 1.15 bits per heavy atom. The number of sulfonamides is 1. The van der Waals surface area contributed by atoms with Gasteiger partial charge in [-0.2, -0.15) is 5.10 Å². The van der Waals surface area contributed by atoms with E-state index in [1.165, 1.54) is 6.20 Å². The van der Waals surface area contributed by atoms with Gasteiger partial charge in [-0.15, -0.1) is 0 Å². The predicted molar refractivity (Wildman–Crippen MR) is 96.1 cm³/mol. The van der Waals surface area contributed by atoms with Gasteiger partial charge in [0.2, 0.25) is 10.0 Å². The fraction of sp³-hybridized carbons (Fsp3) is 0.444. The summed E-state index contributed by atoms with van der Waals surface area (Å²) in [5.74, 6) is -0.238. The summed E-state index contributed by atoms with van der Waals surface area (Å²) in [6.07, 6.45) is 7.03. The number of aromatic amines is 1. The smallest absolute Gasteiger partial charge is 0.269 e. The normalized spacial score (nSPS) is 20.2. The Morgan fingerprint density at radius 3 is 2.69 bits per heavy atom. The molecule has 2 aliphatic rings. The zero-order valence-corrected chi connectivity index (χ0v) is 15.2. The summed E-state index contributed by atoms with van der Waals surface area (Å²) in [5, 5.41) is 9.39. The molecule has 1 fully saturated rings. The Kier molecular flexibility index (Phi) is 4.54. The molecule has 0 aliphatic heterocycles. The third-order valence-electron chi connectivity index (χ3n) is 5.23. The molecular weight excluding hydrogens is 352 g/mol. The van der Waals surface area contributed by atoms with Crippen molar-refractivity contribution in [3.8, 4) is 0 Å². The summed E-state index contributed by atoms with van der Waals surface area (Å²) >= 11 is 0. The Hall–Kier alpha value is -2.19. The summed E-state index contributed by atoms with van der Waals surface area (Å²) in [7, 11) is -3.54. The molecule has 7 nitrogen and oxygen atoms in total. The van der Waals surface area contributed by atoms with Crippen LogP contribution in [0, 0.1) is 0 Å². The highest BCUT2D eigenvalue weighted by atomic mass is 32.2. The number of aryl methyl sites for hydroxylation is 1. The molecule has 1 amide bonds. The Morgan fingerprint density at radius 2 is 1.96 bits per heavy atom. The summed E-state index contributed by atoms with van der Waals surface area (Å²) in [5.41, 5.74) is 2.36. The molecule has 1 heterocycles. The number of aromatic nitrogens is 2. The molecule has 138 valence electrons. The molecule has 0 bridgehead atoms. The van der Waals surface area contributed by atoms with E-state index < -0.39 is 10.0 Å². The largest absolute Gasteiger partial charge is 0.344 e. The van der Waals surface area contributed by atoms with Crippen LogP contribution in [0.4, 0.5) is 0 Å². The highest BCUT2D eigenvalue weighted by Gasteiger charge is 2.28. The summed E-state index contributed by atoms with van der Waals surface area (Å²) in [6, 6.07) is 6.68. The molecule has 8 heteroatoms. The lowest BCUT2D eigenvalue weighted by Gasteiger charge is -2.16. The quantitative estimate of drug-likeness (QED) is 0.745. The number of hydrogen-bond acceptors (Lipinski definition) is 4. The van der Waals surface area contributed by atoms with Crippen LogP contribution in [0.1, 0.15) is 59.8 Å². The van der Waals surface area contributed by atoms with Crippen LogP contribution < -0.4 is 10.0 Å². The zero-order valence-electron chi connectivity index (χ0n) is 14.4. The zero-order chi connectivity index (χ0) is 18.1. The Balaban J connectivity index is 1.54. The van der Waals surface area contributed by atoms with Gasteiger partial charge in [0.25, 0.3) is 5.91 Å². The Bertz CT molecular complexity index is 903. The number of fused-ring (bicyclic) bond motifs is 1. The van der Waals surface area contributed by atoms with Gasteiger partial charge in [0.1, 0.15) is 5.69 Å². The van der Waals surface area contributed by atoms with Crippen LogP contribution in [0.3, 0.4) is 0 Å². The number of benzene rings is 1. The molecule has 3 N–H and O–H groups in total. The van der Waals surface area contributed by atoms with Gasteiger partial charge in [-0.05, 0) is 55.0 Å². The number of amides is 1. The summed E-state index contributed by atoms with van der Waals surface area (Å²) in [6.45, 7) is 0. The lowest BCUT2D eigenvalue weighted by atomic mass is 10.1. The van der Waals surface area contributed by atoms with E-state index in [0.29, 0.717) is 5.69 Å². The summed E-state index contributed by atoms with van der Waals surface area (Å²) in [4.78, 5) is 12.5. The fourth-order valence-electron chi connectivity index (χ4n) is 3.85. The first-order chi connectivity index (χ1) is 12.5. The third-order valence-corrected chi connectivity index (χ3v) is 6.75. The maximum absolute atomic E-state index is 12.7. The highest BCUT2D eigenvalue weighted by molar-refractivity contribution is 7.89. The fourth-order valence-corrected chi connectivity index (χ4v) is 5.19. The van der Waals surface area contributed by atoms with Crippen molar-refractivity contribution in [2.75, 3.05) is 0 Å². The van der Waals surface area contributed by atoms with Gasteiger partial charge in [-0.3, -0.25) is 9.89 Å². The first-order valence-corrected chi connectivity index (χ1v) is 10.5. The first-order valence-electron chi connectivity index (χ1n) is 8.98. The van der Waals surface area contributed by atoms with Crippen molar-refractivity contribution in [1.29, 1.82) is 0 Å². The van der Waals surface area contributed by atoms with Crippen LogP contribution in [0.15, 0.2) is 35.4 Å². The second kappa shape index (κ2) is 6.85. The topological polar surface area (TPSA) is 104 Å². The van der Waals surface area contributed by atoms with E-state index in [1.807, 2.05) is 6.07 Å². The molecule has 4 rings (SSSR count). The van der Waals surface area contributed by atoms with E-state index >= 15 is 0 Å². The molecule has 0 unspecified atom stereocenters. The number of nitrogens with zero attached hydrogens (tertiary/aromatic N) is 1. The average Bonchev–Trinajstić information content (AvgIpc) is 3.36. The van der Waals surface area contributed by atoms with Gasteiger partial charge in [0.05, 0.1) is 10.9 Å². The van der Waals surface area contributed by atoms with Crippen LogP contribution in [0.25, 0.3) is 0 Å². The van der Waals surface area contributed by atoms with Crippen LogP contribution in [0.5, 0.6) is 0 Å². The average molecular weight is 374 g/mol. The van der Waals surface area contributed by atoms with Crippen LogP contribution >= 0.6 is 0 Å². The van der Waals surface area contributed by atoms with E-state index in [4.69, 9.17) is 0 Å². The second-order valence-electron chi connectivity index (χ2n) is 7.00. The number of rotatable bonds is 5. The van der Waals surface area contributed by atoms with Crippen LogP contribution in [-0.2, 0) is 16.4 Å². The van der Waals surface area contributed by atoms with Crippen molar-refractivity contribution in [1.82, 2.24) is 20.2 Å². The van der Waals surface area contributed by atoms with E-state index in [0.717, 1.165) is 49.7 Å². The van der Waals surface area contributed by atoms with E-state index in [2.05, 4.69) is 20.2 Å². The van der Waals surface area contributed by atoms with Gasteiger partial charge < -0.3 is 5.32 Å². The summed E-state index contributed by atoms with van der Waals surface area (Å²) < 4.78 is 28.2. The first kappa shape index (κ1) is 17.2. The van der Waals surface area contributed by atoms with E-state index in [-0.39, 0.29) is 22.9 Å². The van der Waals surface area contributed by atoms with E-state index in [1.54, 1.807) is 18.2 Å². The number of hydrogen-bond donors (Lipinski definition) is 3. The van der Waals surface area contributed by atoms with Crippen LogP contribution in [-0.4, -0.2) is 30.6 Å². The van der Waals surface area contributed by atoms with Crippen molar-refractivity contribution in [2.45, 2.75) is 55.5 Å². The molecule has 2 aromatic rings. The maximum Gasteiger partial charge on any atom is 0.269 e. The number of carbonyl (C=O) groups excluding carboxylic acids is 1. The number of H-pyrrole nitrogens is 1. The van der Waals surface area contributed by atoms with E-state index in [9.17, 15) is 13.2 Å². The van der Waals surface area contributed by atoms with Crippen LogP contribution in [0.2, 0.25) is 0 Å². The van der Waals surface area contributed by atoms with Crippen molar-refractivity contribution < 1.29 is 13.2 Å². The van der Waals surface area contributed by atoms with Crippen molar-refractivity contribution >= 4 is 15.9 Å². The maximum atomic E-state index is 12.7. The van der Waals surface area contributed by atoms with Crippen molar-refractivity contribution in [2.24, 2.45) is 0 Å². The molecule has 1 aromatic carbocycles. The molecule has 26 heavy (non-hydrogen) atoms. The minimum Gasteiger partial charge on any atom is -0.344 e. The lowest BCUT2D eigenvalue weighted by molar-refractivity contribution is 0.0931. The van der Waals surface area contributed by atoms with Gasteiger partial charge in [0, 0.05) is 12.2 Å². The van der Waals surface area contributed by atoms with Crippen molar-refractivity contribution in [3.63, 3.8) is 0 Å². The monoisotopic (exact) mass is 374 g/mol. The molecule has 0 saturated heterocycles. The standard InChI is InChI=1S/C18H22N4O3S/c23-18(17-9-10-19-21-17)20-16-8-6-12-5-7-14(11-15(12)16)26(24,25)22-13-3-1-2-4-13/h5,7,9-11,13,16,22H,1-4,6,8H2,(H,19,21)(H,20,23)/t16-/m0/s1. The number of carbonyl (C=O) groups is 1. The molecule has 1 saturated carbocycles. The lowest BCUT2D eigenvalue weighted by Crippen LogP contribution is -2.33. The van der Waals surface area contributed by atoms with Gasteiger partial charge in [0.15, 0.2) is 0 Å². The minimum absolute atomic E-state index is 0.0316. The number of nitrogens with one attached hydrogen (secondary N) is 3. The predicted octanol–water partition coefficient (Wildman–Crippen LogP) is 2.05. The molecule has 1 aromatic heterocycles. The molecular formula is C18H22N4O3S. The Labute approximate surface area is 152 Å².